The van der Waals surface area contributed by atoms with Gasteiger partial charge in [0.2, 0.25) is 10.0 Å². The van der Waals surface area contributed by atoms with Crippen LogP contribution in [0, 0.1) is 13.8 Å². The summed E-state index contributed by atoms with van der Waals surface area (Å²) in [5.74, 6) is 0.106. The van der Waals surface area contributed by atoms with Crippen LogP contribution in [0.5, 0.6) is 0 Å². The number of aryl methyl sites for hydroxylation is 2. The molecule has 5 heteroatoms. The topological polar surface area (TPSA) is 58.2 Å². The molecule has 1 aromatic rings. The predicted molar refractivity (Wildman–Crippen MR) is 70.5 cm³/mol. The second-order valence-corrected chi connectivity index (χ2v) is 6.18. The van der Waals surface area contributed by atoms with Crippen LogP contribution in [-0.2, 0) is 16.6 Å². The van der Waals surface area contributed by atoms with E-state index in [-0.39, 0.29) is 5.75 Å². The molecule has 4 nitrogen and oxygen atoms in total. The summed E-state index contributed by atoms with van der Waals surface area (Å²) in [5.41, 5.74) is 3.68. The fourth-order valence-electron chi connectivity index (χ4n) is 1.58. The van der Waals surface area contributed by atoms with Crippen molar-refractivity contribution in [2.45, 2.75) is 20.4 Å². The van der Waals surface area contributed by atoms with Gasteiger partial charge in [0.05, 0.1) is 5.75 Å². The second-order valence-electron chi connectivity index (χ2n) is 4.13. The molecule has 0 amide bonds. The molecule has 0 fully saturated rings. The maximum Gasteiger partial charge on any atom is 0.212 e. The van der Waals surface area contributed by atoms with Crippen LogP contribution in [0.3, 0.4) is 0 Å². The van der Waals surface area contributed by atoms with Crippen molar-refractivity contribution in [3.63, 3.8) is 0 Å². The first kappa shape index (κ1) is 14.2. The Morgan fingerprint density at radius 3 is 2.53 bits per heavy atom. The highest BCUT2D eigenvalue weighted by Gasteiger charge is 2.05. The van der Waals surface area contributed by atoms with Gasteiger partial charge in [0.15, 0.2) is 0 Å². The van der Waals surface area contributed by atoms with Crippen molar-refractivity contribution in [3.05, 3.63) is 34.9 Å². The highest BCUT2D eigenvalue weighted by Crippen LogP contribution is 2.09. The quantitative estimate of drug-likeness (QED) is 0.745. The molecule has 0 unspecified atom stereocenters. The van der Waals surface area contributed by atoms with Gasteiger partial charge < -0.3 is 5.32 Å². The number of sulfonamides is 1. The van der Waals surface area contributed by atoms with Gasteiger partial charge in [0, 0.05) is 13.1 Å². The van der Waals surface area contributed by atoms with Crippen molar-refractivity contribution < 1.29 is 8.42 Å². The summed E-state index contributed by atoms with van der Waals surface area (Å²) in [4.78, 5) is 0. The second kappa shape index (κ2) is 6.14. The van der Waals surface area contributed by atoms with Gasteiger partial charge in [-0.2, -0.15) is 0 Å². The van der Waals surface area contributed by atoms with E-state index in [4.69, 9.17) is 0 Å². The average molecular weight is 256 g/mol. The lowest BCUT2D eigenvalue weighted by Crippen LogP contribution is -2.29. The highest BCUT2D eigenvalue weighted by molar-refractivity contribution is 7.89. The van der Waals surface area contributed by atoms with Gasteiger partial charge in [0.1, 0.15) is 0 Å². The van der Waals surface area contributed by atoms with Crippen molar-refractivity contribution in [2.24, 2.45) is 0 Å². The van der Waals surface area contributed by atoms with Gasteiger partial charge in [0.25, 0.3) is 0 Å². The minimum atomic E-state index is -3.10. The van der Waals surface area contributed by atoms with E-state index in [0.29, 0.717) is 13.1 Å². The fraction of sp³-hybridized carbons (Fsp3) is 0.500. The third-order valence-corrected chi connectivity index (χ3v) is 4.04. The van der Waals surface area contributed by atoms with E-state index in [1.165, 1.54) is 23.7 Å². The van der Waals surface area contributed by atoms with Gasteiger partial charge in [-0.1, -0.05) is 23.8 Å². The molecule has 0 aliphatic carbocycles. The minimum Gasteiger partial charge on any atom is -0.312 e. The van der Waals surface area contributed by atoms with Crippen LogP contribution in [-0.4, -0.2) is 27.8 Å². The van der Waals surface area contributed by atoms with E-state index in [1.807, 2.05) is 0 Å². The molecule has 1 aromatic carbocycles. The van der Waals surface area contributed by atoms with Crippen LogP contribution in [0.25, 0.3) is 0 Å². The van der Waals surface area contributed by atoms with Gasteiger partial charge in [-0.05, 0) is 32.0 Å². The summed E-state index contributed by atoms with van der Waals surface area (Å²) < 4.78 is 24.6. The zero-order valence-corrected chi connectivity index (χ0v) is 11.4. The van der Waals surface area contributed by atoms with Crippen LogP contribution < -0.4 is 10.0 Å². The maximum absolute atomic E-state index is 11.2. The lowest BCUT2D eigenvalue weighted by molar-refractivity contribution is 0.583. The lowest BCUT2D eigenvalue weighted by atomic mass is 10.1. The van der Waals surface area contributed by atoms with Gasteiger partial charge in [-0.3, -0.25) is 0 Å². The average Bonchev–Trinajstić information content (AvgIpc) is 2.27. The number of hydrogen-bond donors (Lipinski definition) is 2. The zero-order valence-electron chi connectivity index (χ0n) is 10.6. The van der Waals surface area contributed by atoms with Crippen molar-refractivity contribution >= 4 is 10.0 Å². The third kappa shape index (κ3) is 4.85. The molecule has 17 heavy (non-hydrogen) atoms. The number of hydrogen-bond acceptors (Lipinski definition) is 3. The molecule has 1 rings (SSSR count). The van der Waals surface area contributed by atoms with E-state index < -0.39 is 10.0 Å². The first-order valence-corrected chi connectivity index (χ1v) is 7.28. The predicted octanol–water partition coefficient (Wildman–Crippen LogP) is 0.942. The third-order valence-electron chi connectivity index (χ3n) is 2.67. The Balaban J connectivity index is 2.41. The van der Waals surface area contributed by atoms with Crippen molar-refractivity contribution in [3.8, 4) is 0 Å². The number of benzene rings is 1. The lowest BCUT2D eigenvalue weighted by Gasteiger charge is -2.08. The molecule has 0 aliphatic rings. The van der Waals surface area contributed by atoms with E-state index in [1.54, 1.807) is 0 Å². The molecule has 0 saturated heterocycles. The largest absolute Gasteiger partial charge is 0.312 e. The first-order chi connectivity index (χ1) is 7.94. The molecule has 0 radical (unpaired) electrons. The Bertz CT molecular complexity index is 469. The summed E-state index contributed by atoms with van der Waals surface area (Å²) in [6, 6.07) is 6.26. The molecule has 0 saturated carbocycles. The van der Waals surface area contributed by atoms with Crippen LogP contribution in [0.15, 0.2) is 18.2 Å². The van der Waals surface area contributed by atoms with Gasteiger partial charge in [-0.15, -0.1) is 0 Å². The number of rotatable bonds is 6. The molecule has 0 heterocycles. The Morgan fingerprint density at radius 2 is 1.94 bits per heavy atom. The molecule has 0 spiro atoms. The van der Waals surface area contributed by atoms with Crippen LogP contribution in [0.4, 0.5) is 0 Å². The Morgan fingerprint density at radius 1 is 1.24 bits per heavy atom. The number of nitrogens with one attached hydrogen (secondary N) is 2. The summed E-state index contributed by atoms with van der Waals surface area (Å²) in [6.07, 6.45) is 0. The van der Waals surface area contributed by atoms with Crippen molar-refractivity contribution in [1.82, 2.24) is 10.0 Å². The van der Waals surface area contributed by atoms with Crippen molar-refractivity contribution in [1.29, 1.82) is 0 Å². The monoisotopic (exact) mass is 256 g/mol. The Labute approximate surface area is 103 Å². The highest BCUT2D eigenvalue weighted by atomic mass is 32.2. The van der Waals surface area contributed by atoms with E-state index in [0.717, 1.165) is 0 Å². The van der Waals surface area contributed by atoms with E-state index in [2.05, 4.69) is 42.1 Å². The summed E-state index contributed by atoms with van der Waals surface area (Å²) in [5, 5.41) is 3.13. The molecular weight excluding hydrogens is 236 g/mol. The van der Waals surface area contributed by atoms with E-state index in [9.17, 15) is 8.42 Å². The summed E-state index contributed by atoms with van der Waals surface area (Å²) in [7, 11) is -1.67. The van der Waals surface area contributed by atoms with Crippen LogP contribution >= 0.6 is 0 Å². The first-order valence-electron chi connectivity index (χ1n) is 5.62. The molecule has 0 aromatic heterocycles. The molecule has 0 atom stereocenters. The zero-order chi connectivity index (χ0) is 12.9. The molecule has 2 N–H and O–H groups in total. The normalized spacial score (nSPS) is 11.7. The molecular formula is C12H20N2O2S. The summed E-state index contributed by atoms with van der Waals surface area (Å²) >= 11 is 0. The SMILES string of the molecule is CNS(=O)(=O)CCNCc1ccc(C)cc1C. The minimum absolute atomic E-state index is 0.106. The Kier molecular flexibility index (Phi) is 5.11. The maximum atomic E-state index is 11.2. The fourth-order valence-corrected chi connectivity index (χ4v) is 2.19. The molecule has 0 aliphatic heterocycles. The van der Waals surface area contributed by atoms with Gasteiger partial charge >= 0.3 is 0 Å². The molecule has 96 valence electrons. The van der Waals surface area contributed by atoms with Crippen molar-refractivity contribution in [2.75, 3.05) is 19.3 Å². The van der Waals surface area contributed by atoms with Crippen LogP contribution in [0.1, 0.15) is 16.7 Å². The summed E-state index contributed by atoms with van der Waals surface area (Å²) in [6.45, 7) is 5.28. The van der Waals surface area contributed by atoms with Gasteiger partial charge in [-0.25, -0.2) is 13.1 Å². The smallest absolute Gasteiger partial charge is 0.212 e. The molecule has 0 bridgehead atoms. The Hall–Kier alpha value is -0.910. The standard InChI is InChI=1S/C12H20N2O2S/c1-10-4-5-12(11(2)8-10)9-14-6-7-17(15,16)13-3/h4-5,8,13-14H,6-7,9H2,1-3H3. The van der Waals surface area contributed by atoms with E-state index >= 15 is 0 Å². The van der Waals surface area contributed by atoms with Crippen LogP contribution in [0.2, 0.25) is 0 Å².